The second-order valence-corrected chi connectivity index (χ2v) is 5.41. The molecule has 92 valence electrons. The first-order chi connectivity index (χ1) is 7.05. The molecule has 0 heterocycles. The molecular formula is C9H22N2O3S. The summed E-state index contributed by atoms with van der Waals surface area (Å²) >= 11 is 0. The lowest BCUT2D eigenvalue weighted by molar-refractivity contribution is 0.165. The zero-order valence-corrected chi connectivity index (χ0v) is 10.6. The maximum absolute atomic E-state index is 11.1. The largest absolute Gasteiger partial charge is 0.383 e. The zero-order chi connectivity index (χ0) is 11.7. The molecule has 0 aliphatic rings. The number of hydrogen-bond donors (Lipinski definition) is 2. The standard InChI is InChI=1S/C9H22N2O3S/c1-4-9(8-14-3)10-6-7-11-15(12,13)5-2/h9-11H,4-8H2,1-3H3. The summed E-state index contributed by atoms with van der Waals surface area (Å²) in [6.07, 6.45) is 0.967. The topological polar surface area (TPSA) is 67.4 Å². The second-order valence-electron chi connectivity index (χ2n) is 3.31. The van der Waals surface area contributed by atoms with Crippen LogP contribution in [-0.2, 0) is 14.8 Å². The minimum Gasteiger partial charge on any atom is -0.383 e. The van der Waals surface area contributed by atoms with Gasteiger partial charge in [-0.25, -0.2) is 13.1 Å². The summed E-state index contributed by atoms with van der Waals surface area (Å²) < 4.78 is 29.7. The van der Waals surface area contributed by atoms with E-state index < -0.39 is 10.0 Å². The highest BCUT2D eigenvalue weighted by molar-refractivity contribution is 7.89. The molecule has 0 saturated heterocycles. The van der Waals surface area contributed by atoms with Crippen LogP contribution >= 0.6 is 0 Å². The molecule has 0 rings (SSSR count). The first kappa shape index (κ1) is 14.8. The lowest BCUT2D eigenvalue weighted by atomic mass is 10.2. The van der Waals surface area contributed by atoms with Crippen molar-refractivity contribution in [2.75, 3.05) is 32.6 Å². The maximum Gasteiger partial charge on any atom is 0.211 e. The van der Waals surface area contributed by atoms with Crippen molar-refractivity contribution in [3.63, 3.8) is 0 Å². The van der Waals surface area contributed by atoms with Crippen molar-refractivity contribution >= 4 is 10.0 Å². The molecule has 0 aliphatic heterocycles. The van der Waals surface area contributed by atoms with Crippen LogP contribution in [0.1, 0.15) is 20.3 Å². The highest BCUT2D eigenvalue weighted by Crippen LogP contribution is 1.90. The van der Waals surface area contributed by atoms with Gasteiger partial charge < -0.3 is 10.1 Å². The predicted octanol–water partition coefficient (Wildman–Crippen LogP) is -0.0597. The Morgan fingerprint density at radius 1 is 1.27 bits per heavy atom. The molecule has 0 fully saturated rings. The van der Waals surface area contributed by atoms with Crippen LogP contribution in [0, 0.1) is 0 Å². The first-order valence-corrected chi connectivity index (χ1v) is 6.90. The van der Waals surface area contributed by atoms with Crippen molar-refractivity contribution in [1.82, 2.24) is 10.0 Å². The number of sulfonamides is 1. The Morgan fingerprint density at radius 2 is 1.93 bits per heavy atom. The molecule has 6 heteroatoms. The lowest BCUT2D eigenvalue weighted by Gasteiger charge is -2.15. The lowest BCUT2D eigenvalue weighted by Crippen LogP contribution is -2.39. The van der Waals surface area contributed by atoms with E-state index >= 15 is 0 Å². The van der Waals surface area contributed by atoms with Crippen molar-refractivity contribution in [1.29, 1.82) is 0 Å². The minimum absolute atomic E-state index is 0.127. The van der Waals surface area contributed by atoms with Crippen molar-refractivity contribution in [2.45, 2.75) is 26.3 Å². The maximum atomic E-state index is 11.1. The summed E-state index contributed by atoms with van der Waals surface area (Å²) in [5, 5.41) is 3.22. The molecule has 1 atom stereocenters. The quantitative estimate of drug-likeness (QED) is 0.552. The third kappa shape index (κ3) is 7.72. The molecule has 15 heavy (non-hydrogen) atoms. The van der Waals surface area contributed by atoms with E-state index in [2.05, 4.69) is 17.0 Å². The third-order valence-electron chi connectivity index (χ3n) is 2.12. The molecule has 0 aromatic heterocycles. The van der Waals surface area contributed by atoms with E-state index in [1.807, 2.05) is 0 Å². The molecule has 0 amide bonds. The summed E-state index contributed by atoms with van der Waals surface area (Å²) in [5.41, 5.74) is 0. The van der Waals surface area contributed by atoms with Crippen LogP contribution in [-0.4, -0.2) is 47.0 Å². The van der Waals surface area contributed by atoms with E-state index in [0.717, 1.165) is 6.42 Å². The fourth-order valence-corrected chi connectivity index (χ4v) is 1.72. The van der Waals surface area contributed by atoms with Gasteiger partial charge in [-0.05, 0) is 13.3 Å². The molecule has 0 bridgehead atoms. The number of hydrogen-bond acceptors (Lipinski definition) is 4. The van der Waals surface area contributed by atoms with Crippen LogP contribution in [0.15, 0.2) is 0 Å². The number of nitrogens with one attached hydrogen (secondary N) is 2. The second kappa shape index (κ2) is 8.04. The fourth-order valence-electron chi connectivity index (χ4n) is 1.11. The summed E-state index contributed by atoms with van der Waals surface area (Å²) in [6, 6.07) is 0.293. The molecule has 0 saturated carbocycles. The van der Waals surface area contributed by atoms with Crippen molar-refractivity contribution in [3.05, 3.63) is 0 Å². The van der Waals surface area contributed by atoms with Gasteiger partial charge in [-0.1, -0.05) is 6.92 Å². The molecule has 5 nitrogen and oxygen atoms in total. The van der Waals surface area contributed by atoms with Gasteiger partial charge in [-0.15, -0.1) is 0 Å². The van der Waals surface area contributed by atoms with Crippen LogP contribution in [0.2, 0.25) is 0 Å². The van der Waals surface area contributed by atoms with E-state index in [4.69, 9.17) is 4.74 Å². The predicted molar refractivity (Wildman–Crippen MR) is 61.4 cm³/mol. The molecule has 0 radical (unpaired) electrons. The summed E-state index contributed by atoms with van der Waals surface area (Å²) in [7, 11) is -1.40. The van der Waals surface area contributed by atoms with Crippen LogP contribution in [0.5, 0.6) is 0 Å². The van der Waals surface area contributed by atoms with Crippen LogP contribution in [0.3, 0.4) is 0 Å². The van der Waals surface area contributed by atoms with Crippen LogP contribution in [0.25, 0.3) is 0 Å². The Kier molecular flexibility index (Phi) is 7.95. The van der Waals surface area contributed by atoms with Crippen LogP contribution < -0.4 is 10.0 Å². The van der Waals surface area contributed by atoms with Gasteiger partial charge in [0, 0.05) is 26.2 Å². The van der Waals surface area contributed by atoms with Gasteiger partial charge in [0.1, 0.15) is 0 Å². The SMILES string of the molecule is CCC(COC)NCCNS(=O)(=O)CC. The summed E-state index contributed by atoms with van der Waals surface area (Å²) in [5.74, 6) is 0.127. The van der Waals surface area contributed by atoms with Gasteiger partial charge in [0.25, 0.3) is 0 Å². The minimum atomic E-state index is -3.06. The highest BCUT2D eigenvalue weighted by atomic mass is 32.2. The van der Waals surface area contributed by atoms with Crippen molar-refractivity contribution in [2.24, 2.45) is 0 Å². The van der Waals surface area contributed by atoms with Gasteiger partial charge in [0.2, 0.25) is 10.0 Å². The van der Waals surface area contributed by atoms with Gasteiger partial charge in [0.05, 0.1) is 12.4 Å². The molecule has 1 unspecified atom stereocenters. The van der Waals surface area contributed by atoms with Gasteiger partial charge >= 0.3 is 0 Å². The summed E-state index contributed by atoms with van der Waals surface area (Å²) in [4.78, 5) is 0. The molecule has 2 N–H and O–H groups in total. The van der Waals surface area contributed by atoms with Gasteiger partial charge in [0.15, 0.2) is 0 Å². The Bertz CT molecular complexity index is 242. The molecular weight excluding hydrogens is 216 g/mol. The number of methoxy groups -OCH3 is 1. The zero-order valence-electron chi connectivity index (χ0n) is 9.75. The fraction of sp³-hybridized carbons (Fsp3) is 1.00. The van der Waals surface area contributed by atoms with Crippen molar-refractivity contribution in [3.8, 4) is 0 Å². The Hall–Kier alpha value is -0.170. The average Bonchev–Trinajstić information content (AvgIpc) is 2.22. The van der Waals surface area contributed by atoms with Gasteiger partial charge in [-0.2, -0.15) is 0 Å². The van der Waals surface area contributed by atoms with E-state index in [1.54, 1.807) is 14.0 Å². The molecule has 0 aromatic rings. The number of ether oxygens (including phenoxy) is 1. The Balaban J connectivity index is 3.61. The van der Waals surface area contributed by atoms with Crippen molar-refractivity contribution < 1.29 is 13.2 Å². The van der Waals surface area contributed by atoms with E-state index in [9.17, 15) is 8.42 Å². The molecule has 0 aromatic carbocycles. The molecule has 0 aliphatic carbocycles. The Labute approximate surface area is 92.6 Å². The highest BCUT2D eigenvalue weighted by Gasteiger charge is 2.06. The van der Waals surface area contributed by atoms with Crippen LogP contribution in [0.4, 0.5) is 0 Å². The summed E-state index contributed by atoms with van der Waals surface area (Å²) in [6.45, 7) is 5.39. The smallest absolute Gasteiger partial charge is 0.211 e. The normalized spacial score (nSPS) is 14.1. The van der Waals surface area contributed by atoms with E-state index in [-0.39, 0.29) is 5.75 Å². The Morgan fingerprint density at radius 3 is 2.40 bits per heavy atom. The first-order valence-electron chi connectivity index (χ1n) is 5.25. The average molecular weight is 238 g/mol. The third-order valence-corrected chi connectivity index (χ3v) is 3.52. The van der Waals surface area contributed by atoms with E-state index in [0.29, 0.717) is 25.7 Å². The monoisotopic (exact) mass is 238 g/mol. The molecule has 0 spiro atoms. The number of rotatable bonds is 9. The van der Waals surface area contributed by atoms with E-state index in [1.165, 1.54) is 0 Å². The van der Waals surface area contributed by atoms with Gasteiger partial charge in [-0.3, -0.25) is 0 Å².